The summed E-state index contributed by atoms with van der Waals surface area (Å²) in [6.45, 7) is 7.77. The average molecular weight is 518 g/mol. The Hall–Kier alpha value is -2.89. The number of hydrogen-bond donors (Lipinski definition) is 4. The van der Waals surface area contributed by atoms with E-state index < -0.39 is 24.6 Å². The van der Waals surface area contributed by atoms with Gasteiger partial charge in [-0.05, 0) is 49.9 Å². The second kappa shape index (κ2) is 11.9. The second-order valence-electron chi connectivity index (χ2n) is 9.79. The number of carbonyl (C=O) groups excluding carboxylic acids is 2. The Bertz CT molecular complexity index is 1110. The van der Waals surface area contributed by atoms with Crippen molar-refractivity contribution in [3.8, 4) is 0 Å². The lowest BCUT2D eigenvalue weighted by Gasteiger charge is -2.29. The molecule has 0 bridgehead atoms. The van der Waals surface area contributed by atoms with Gasteiger partial charge >= 0.3 is 7.12 Å². The van der Waals surface area contributed by atoms with Gasteiger partial charge in [-0.3, -0.25) is 14.3 Å². The smallest absolute Gasteiger partial charge is 0.426 e. The van der Waals surface area contributed by atoms with Gasteiger partial charge in [0.25, 0.3) is 11.8 Å². The molecule has 2 aromatic rings. The van der Waals surface area contributed by atoms with E-state index in [4.69, 9.17) is 16.4 Å². The molecule has 0 saturated heterocycles. The summed E-state index contributed by atoms with van der Waals surface area (Å²) in [6, 6.07) is 8.71. The highest BCUT2D eigenvalue weighted by atomic mass is 35.5. The lowest BCUT2D eigenvalue weighted by Crippen LogP contribution is -2.56. The molecule has 2 heterocycles. The molecule has 2 unspecified atom stereocenters. The van der Waals surface area contributed by atoms with E-state index in [1.165, 1.54) is 0 Å². The molecule has 0 aliphatic carbocycles. The third kappa shape index (κ3) is 6.86. The van der Waals surface area contributed by atoms with Crippen LogP contribution in [0.25, 0.3) is 0 Å². The molecule has 3 rings (SSSR count). The summed E-state index contributed by atoms with van der Waals surface area (Å²) in [6.07, 6.45) is 2.18. The molecular formula is C24H33BClN5O5. The van der Waals surface area contributed by atoms with Crippen LogP contribution in [0.4, 0.5) is 0 Å². The van der Waals surface area contributed by atoms with Gasteiger partial charge in [-0.1, -0.05) is 42.7 Å². The summed E-state index contributed by atoms with van der Waals surface area (Å²) >= 11 is 6.14. The lowest BCUT2D eigenvalue weighted by atomic mass is 9.74. The minimum atomic E-state index is -1.73. The maximum Gasteiger partial charge on any atom is 0.475 e. The molecule has 2 amide bonds. The molecule has 1 aliphatic heterocycles. The van der Waals surface area contributed by atoms with Gasteiger partial charge in [-0.25, -0.2) is 0 Å². The summed E-state index contributed by atoms with van der Waals surface area (Å²) in [4.78, 5) is 31.9. The zero-order valence-electron chi connectivity index (χ0n) is 20.9. The molecular weight excluding hydrogens is 485 g/mol. The van der Waals surface area contributed by atoms with E-state index >= 15 is 0 Å². The van der Waals surface area contributed by atoms with Crippen LogP contribution in [0.2, 0.25) is 5.02 Å². The molecule has 0 radical (unpaired) electrons. The molecule has 2 atom stereocenters. The minimum Gasteiger partial charge on any atom is -0.426 e. The van der Waals surface area contributed by atoms with E-state index in [1.54, 1.807) is 35.1 Å². The van der Waals surface area contributed by atoms with Crippen LogP contribution in [-0.2, 0) is 16.1 Å². The van der Waals surface area contributed by atoms with Crippen LogP contribution in [-0.4, -0.2) is 62.6 Å². The highest BCUT2D eigenvalue weighted by Gasteiger charge is 2.48. The van der Waals surface area contributed by atoms with Crippen molar-refractivity contribution < 1.29 is 24.5 Å². The first-order valence-corrected chi connectivity index (χ1v) is 12.4. The fourth-order valence-electron chi connectivity index (χ4n) is 4.16. The first-order valence-electron chi connectivity index (χ1n) is 12.0. The molecule has 36 heavy (non-hydrogen) atoms. The van der Waals surface area contributed by atoms with Crippen LogP contribution in [0.1, 0.15) is 62.6 Å². The Kier molecular flexibility index (Phi) is 9.16. The van der Waals surface area contributed by atoms with Crippen molar-refractivity contribution in [1.29, 1.82) is 0 Å². The van der Waals surface area contributed by atoms with Crippen molar-refractivity contribution in [2.24, 2.45) is 11.1 Å². The Morgan fingerprint density at radius 3 is 2.64 bits per heavy atom. The number of oxime groups is 1. The van der Waals surface area contributed by atoms with Crippen LogP contribution < -0.4 is 10.6 Å². The summed E-state index contributed by atoms with van der Waals surface area (Å²) in [5, 5.41) is 34.0. The van der Waals surface area contributed by atoms with Crippen molar-refractivity contribution in [3.05, 3.63) is 52.8 Å². The van der Waals surface area contributed by atoms with Crippen LogP contribution in [0.15, 0.2) is 41.7 Å². The van der Waals surface area contributed by atoms with E-state index in [-0.39, 0.29) is 37.3 Å². The number of hydrogen-bond acceptors (Lipinski definition) is 7. The Balaban J connectivity index is 1.76. The topological polar surface area (TPSA) is 138 Å². The fourth-order valence-corrected chi connectivity index (χ4v) is 4.37. The maximum atomic E-state index is 13.5. The first-order chi connectivity index (χ1) is 17.0. The lowest BCUT2D eigenvalue weighted by molar-refractivity contribution is -0.144. The minimum absolute atomic E-state index is 0.0163. The summed E-state index contributed by atoms with van der Waals surface area (Å²) in [5.74, 6) is -1.60. The molecule has 4 N–H and O–H groups in total. The van der Waals surface area contributed by atoms with Gasteiger partial charge in [0.05, 0.1) is 18.2 Å². The summed E-state index contributed by atoms with van der Waals surface area (Å²) in [7, 11) is -1.73. The van der Waals surface area contributed by atoms with Crippen molar-refractivity contribution in [1.82, 2.24) is 20.4 Å². The number of nitrogens with zero attached hydrogens (tertiary/aromatic N) is 3. The molecule has 0 saturated carbocycles. The molecule has 1 aromatic carbocycles. The second-order valence-corrected chi connectivity index (χ2v) is 10.2. The van der Waals surface area contributed by atoms with Crippen molar-refractivity contribution >= 4 is 36.2 Å². The van der Waals surface area contributed by atoms with Gasteiger partial charge in [0, 0.05) is 30.1 Å². The molecule has 12 heteroatoms. The Labute approximate surface area is 216 Å². The Morgan fingerprint density at radius 2 is 2.00 bits per heavy atom. The highest BCUT2D eigenvalue weighted by molar-refractivity contribution is 6.43. The predicted molar refractivity (Wildman–Crippen MR) is 138 cm³/mol. The maximum absolute atomic E-state index is 13.5. The average Bonchev–Trinajstić information content (AvgIpc) is 3.45. The van der Waals surface area contributed by atoms with Gasteiger partial charge < -0.3 is 25.5 Å². The molecule has 1 aromatic heterocycles. The van der Waals surface area contributed by atoms with Crippen molar-refractivity contribution in [2.75, 3.05) is 6.54 Å². The number of rotatable bonds is 11. The number of carbonyl (C=O) groups is 2. The van der Waals surface area contributed by atoms with Crippen LogP contribution >= 0.6 is 11.6 Å². The van der Waals surface area contributed by atoms with E-state index in [9.17, 15) is 19.6 Å². The van der Waals surface area contributed by atoms with Crippen LogP contribution in [0.5, 0.6) is 0 Å². The van der Waals surface area contributed by atoms with Crippen molar-refractivity contribution in [2.45, 2.75) is 64.5 Å². The SMILES string of the molecule is CC(C)CC(NC(=O)C1(Cc2cccc(Cl)c2)CC(CNC(=O)c2ccnn2C(C)C)=NO1)B(O)O. The van der Waals surface area contributed by atoms with E-state index in [1.807, 2.05) is 33.8 Å². The standard InChI is InChI=1S/C24H33BClN5O5/c1-15(2)10-21(25(34)35)29-23(33)24(12-17-6-5-7-18(26)11-17)13-19(30-36-24)14-27-22(32)20-8-9-28-31(20)16(3)4/h5-9,11,15-16,21,34-35H,10,12-14H2,1-4H3,(H,27,32)(H,29,33). The molecule has 0 spiro atoms. The quantitative estimate of drug-likeness (QED) is 0.337. The number of halogens is 1. The van der Waals surface area contributed by atoms with Gasteiger partial charge in [-0.15, -0.1) is 0 Å². The van der Waals surface area contributed by atoms with Crippen molar-refractivity contribution in [3.63, 3.8) is 0 Å². The van der Waals surface area contributed by atoms with E-state index in [0.29, 0.717) is 22.8 Å². The predicted octanol–water partition coefficient (Wildman–Crippen LogP) is 2.15. The summed E-state index contributed by atoms with van der Waals surface area (Å²) < 4.78 is 1.62. The first kappa shape index (κ1) is 27.7. The largest absolute Gasteiger partial charge is 0.475 e. The van der Waals surface area contributed by atoms with Crippen LogP contribution in [0, 0.1) is 5.92 Å². The number of amides is 2. The van der Waals surface area contributed by atoms with Gasteiger partial charge in [0.1, 0.15) is 5.69 Å². The molecule has 10 nitrogen and oxygen atoms in total. The van der Waals surface area contributed by atoms with Gasteiger partial charge in [-0.2, -0.15) is 5.10 Å². The van der Waals surface area contributed by atoms with E-state index in [0.717, 1.165) is 5.56 Å². The van der Waals surface area contributed by atoms with E-state index in [2.05, 4.69) is 20.9 Å². The highest BCUT2D eigenvalue weighted by Crippen LogP contribution is 2.30. The number of aromatic nitrogens is 2. The molecule has 1 aliphatic rings. The number of benzene rings is 1. The monoisotopic (exact) mass is 517 g/mol. The van der Waals surface area contributed by atoms with Gasteiger partial charge in [0.2, 0.25) is 5.60 Å². The fraction of sp³-hybridized carbons (Fsp3) is 0.500. The normalized spacial score (nSPS) is 18.1. The van der Waals surface area contributed by atoms with Crippen LogP contribution in [0.3, 0.4) is 0 Å². The Morgan fingerprint density at radius 1 is 1.25 bits per heavy atom. The zero-order valence-corrected chi connectivity index (χ0v) is 21.7. The number of nitrogens with one attached hydrogen (secondary N) is 2. The third-order valence-corrected chi connectivity index (χ3v) is 6.11. The third-order valence-electron chi connectivity index (χ3n) is 5.88. The summed E-state index contributed by atoms with van der Waals surface area (Å²) in [5.41, 5.74) is 0.208. The zero-order chi connectivity index (χ0) is 26.5. The molecule has 194 valence electrons. The molecule has 0 fully saturated rings. The van der Waals surface area contributed by atoms with Gasteiger partial charge in [0.15, 0.2) is 0 Å².